The summed E-state index contributed by atoms with van der Waals surface area (Å²) in [4.78, 5) is 13.8. The zero-order chi connectivity index (χ0) is 10.7. The first-order chi connectivity index (χ1) is 7.25. The number of hydrogen-bond acceptors (Lipinski definition) is 3. The van der Waals surface area contributed by atoms with Crippen molar-refractivity contribution in [1.29, 1.82) is 0 Å². The number of piperidine rings is 1. The van der Waals surface area contributed by atoms with Gasteiger partial charge in [0.05, 0.1) is 0 Å². The lowest BCUT2D eigenvalue weighted by atomic mass is 10.1. The number of carbonyl (C=O) groups excluding carboxylic acids is 1. The fourth-order valence-corrected chi connectivity index (χ4v) is 2.56. The lowest BCUT2D eigenvalue weighted by Crippen LogP contribution is -2.48. The van der Waals surface area contributed by atoms with Gasteiger partial charge in [0.15, 0.2) is 0 Å². The average Bonchev–Trinajstić information content (AvgIpc) is 2.41. The first-order valence-corrected chi connectivity index (χ1v) is 6.00. The number of hydrogen-bond donors (Lipinski definition) is 2. The predicted octanol–water partition coefficient (Wildman–Crippen LogP) is -0.0512. The minimum atomic E-state index is 0.203. The fourth-order valence-electron chi connectivity index (χ4n) is 2.56. The lowest BCUT2D eigenvalue weighted by Gasteiger charge is -2.34. The van der Waals surface area contributed by atoms with Crippen molar-refractivity contribution in [2.24, 2.45) is 0 Å². The van der Waals surface area contributed by atoms with Crippen LogP contribution in [0.1, 0.15) is 26.2 Å². The van der Waals surface area contributed by atoms with Crippen LogP contribution in [0.15, 0.2) is 0 Å². The third kappa shape index (κ3) is 2.92. The van der Waals surface area contributed by atoms with Gasteiger partial charge in [-0.25, -0.2) is 0 Å². The van der Waals surface area contributed by atoms with Gasteiger partial charge in [0.1, 0.15) is 0 Å². The summed E-state index contributed by atoms with van der Waals surface area (Å²) < 4.78 is 0. The quantitative estimate of drug-likeness (QED) is 0.639. The van der Waals surface area contributed by atoms with Crippen molar-refractivity contribution in [3.05, 3.63) is 0 Å². The highest BCUT2D eigenvalue weighted by Crippen LogP contribution is 2.13. The summed E-state index contributed by atoms with van der Waals surface area (Å²) in [6, 6.07) is 0.927. The van der Waals surface area contributed by atoms with E-state index in [1.54, 1.807) is 0 Å². The van der Waals surface area contributed by atoms with Gasteiger partial charge < -0.3 is 10.6 Å². The first kappa shape index (κ1) is 10.9. The van der Waals surface area contributed by atoms with Crippen LogP contribution >= 0.6 is 0 Å². The van der Waals surface area contributed by atoms with Crippen LogP contribution in [0.2, 0.25) is 0 Å². The summed E-state index contributed by atoms with van der Waals surface area (Å²) in [6.07, 6.45) is 3.19. The molecule has 0 aromatic carbocycles. The molecule has 0 saturated carbocycles. The molecule has 0 radical (unpaired) electrons. The Labute approximate surface area is 91.4 Å². The standard InChI is InChI=1S/C11H21N3O/c1-9-8-14(6-4-11(15)13-9)10-3-2-5-12-7-10/h9-10,12H,2-8H2,1H3,(H,13,15). The largest absolute Gasteiger partial charge is 0.352 e. The molecule has 0 aromatic heterocycles. The summed E-state index contributed by atoms with van der Waals surface area (Å²) in [5, 5.41) is 6.44. The van der Waals surface area contributed by atoms with E-state index >= 15 is 0 Å². The van der Waals surface area contributed by atoms with Crippen molar-refractivity contribution in [2.45, 2.75) is 38.3 Å². The molecule has 2 aliphatic heterocycles. The van der Waals surface area contributed by atoms with Crippen molar-refractivity contribution < 1.29 is 4.79 Å². The molecule has 0 spiro atoms. The van der Waals surface area contributed by atoms with E-state index in [4.69, 9.17) is 0 Å². The van der Waals surface area contributed by atoms with E-state index in [9.17, 15) is 4.79 Å². The van der Waals surface area contributed by atoms with Crippen molar-refractivity contribution in [1.82, 2.24) is 15.5 Å². The second kappa shape index (κ2) is 4.94. The molecule has 2 fully saturated rings. The van der Waals surface area contributed by atoms with E-state index in [-0.39, 0.29) is 5.91 Å². The molecule has 0 aliphatic carbocycles. The van der Waals surface area contributed by atoms with E-state index in [1.807, 2.05) is 0 Å². The van der Waals surface area contributed by atoms with Gasteiger partial charge in [0.25, 0.3) is 0 Å². The molecule has 15 heavy (non-hydrogen) atoms. The number of carbonyl (C=O) groups is 1. The van der Waals surface area contributed by atoms with Gasteiger partial charge in [-0.3, -0.25) is 9.69 Å². The van der Waals surface area contributed by atoms with E-state index in [0.29, 0.717) is 18.5 Å². The van der Waals surface area contributed by atoms with Gasteiger partial charge in [-0.2, -0.15) is 0 Å². The van der Waals surface area contributed by atoms with Gasteiger partial charge >= 0.3 is 0 Å². The molecule has 4 nitrogen and oxygen atoms in total. The highest BCUT2D eigenvalue weighted by Gasteiger charge is 2.25. The van der Waals surface area contributed by atoms with Gasteiger partial charge in [0, 0.05) is 38.1 Å². The third-order valence-electron chi connectivity index (χ3n) is 3.33. The minimum absolute atomic E-state index is 0.203. The summed E-state index contributed by atoms with van der Waals surface area (Å²) in [5.41, 5.74) is 0. The van der Waals surface area contributed by atoms with E-state index in [2.05, 4.69) is 22.5 Å². The van der Waals surface area contributed by atoms with Crippen LogP contribution in [0.4, 0.5) is 0 Å². The normalized spacial score (nSPS) is 34.6. The van der Waals surface area contributed by atoms with Crippen LogP contribution in [0.5, 0.6) is 0 Å². The maximum atomic E-state index is 11.4. The Bertz CT molecular complexity index is 226. The summed E-state index contributed by atoms with van der Waals surface area (Å²) in [5.74, 6) is 0.203. The highest BCUT2D eigenvalue weighted by molar-refractivity contribution is 5.76. The molecule has 1 amide bonds. The number of amides is 1. The molecule has 2 atom stereocenters. The van der Waals surface area contributed by atoms with Gasteiger partial charge in [0.2, 0.25) is 5.91 Å². The molecule has 2 rings (SSSR count). The van der Waals surface area contributed by atoms with E-state index in [0.717, 1.165) is 26.2 Å². The van der Waals surface area contributed by atoms with Crippen LogP contribution < -0.4 is 10.6 Å². The topological polar surface area (TPSA) is 44.4 Å². The van der Waals surface area contributed by atoms with Crippen molar-refractivity contribution >= 4 is 5.91 Å². The second-order valence-corrected chi connectivity index (χ2v) is 4.71. The Morgan fingerprint density at radius 1 is 1.47 bits per heavy atom. The fraction of sp³-hybridized carbons (Fsp3) is 0.909. The molecule has 2 unspecified atom stereocenters. The third-order valence-corrected chi connectivity index (χ3v) is 3.33. The molecule has 2 aliphatic rings. The lowest BCUT2D eigenvalue weighted by molar-refractivity contribution is -0.121. The van der Waals surface area contributed by atoms with Gasteiger partial charge in [-0.1, -0.05) is 0 Å². The highest BCUT2D eigenvalue weighted by atomic mass is 16.1. The SMILES string of the molecule is CC1CN(C2CCCNC2)CCC(=O)N1. The Morgan fingerprint density at radius 2 is 2.33 bits per heavy atom. The first-order valence-electron chi connectivity index (χ1n) is 6.00. The molecule has 0 bridgehead atoms. The molecule has 2 N–H and O–H groups in total. The maximum absolute atomic E-state index is 11.4. The van der Waals surface area contributed by atoms with Crippen LogP contribution in [-0.4, -0.2) is 49.1 Å². The minimum Gasteiger partial charge on any atom is -0.352 e. The number of nitrogens with zero attached hydrogens (tertiary/aromatic N) is 1. The zero-order valence-electron chi connectivity index (χ0n) is 9.46. The smallest absolute Gasteiger partial charge is 0.221 e. The number of rotatable bonds is 1. The van der Waals surface area contributed by atoms with Crippen molar-refractivity contribution in [3.63, 3.8) is 0 Å². The van der Waals surface area contributed by atoms with Crippen LogP contribution in [0, 0.1) is 0 Å². The molecule has 86 valence electrons. The zero-order valence-corrected chi connectivity index (χ0v) is 9.46. The molecule has 2 saturated heterocycles. The molecule has 2 heterocycles. The number of nitrogens with one attached hydrogen (secondary N) is 2. The molecule has 0 aromatic rings. The second-order valence-electron chi connectivity index (χ2n) is 4.71. The van der Waals surface area contributed by atoms with Crippen LogP contribution in [0.25, 0.3) is 0 Å². The van der Waals surface area contributed by atoms with Crippen LogP contribution in [0.3, 0.4) is 0 Å². The monoisotopic (exact) mass is 211 g/mol. The predicted molar refractivity (Wildman–Crippen MR) is 59.7 cm³/mol. The average molecular weight is 211 g/mol. The molecular formula is C11H21N3O. The van der Waals surface area contributed by atoms with Crippen molar-refractivity contribution in [2.75, 3.05) is 26.2 Å². The summed E-state index contributed by atoms with van der Waals surface area (Å²) >= 11 is 0. The molecular weight excluding hydrogens is 190 g/mol. The summed E-state index contributed by atoms with van der Waals surface area (Å²) in [7, 11) is 0. The summed E-state index contributed by atoms with van der Waals surface area (Å²) in [6.45, 7) is 6.24. The van der Waals surface area contributed by atoms with Gasteiger partial charge in [-0.15, -0.1) is 0 Å². The maximum Gasteiger partial charge on any atom is 0.221 e. The Kier molecular flexibility index (Phi) is 3.59. The van der Waals surface area contributed by atoms with Crippen LogP contribution in [-0.2, 0) is 4.79 Å². The van der Waals surface area contributed by atoms with Gasteiger partial charge in [-0.05, 0) is 26.3 Å². The molecule has 4 heteroatoms. The van der Waals surface area contributed by atoms with E-state index < -0.39 is 0 Å². The Balaban J connectivity index is 1.92. The van der Waals surface area contributed by atoms with Crippen molar-refractivity contribution in [3.8, 4) is 0 Å². The Morgan fingerprint density at radius 3 is 3.07 bits per heavy atom. The Hall–Kier alpha value is -0.610. The van der Waals surface area contributed by atoms with E-state index in [1.165, 1.54) is 12.8 Å².